The van der Waals surface area contributed by atoms with Gasteiger partial charge in [-0.2, -0.15) is 0 Å². The van der Waals surface area contributed by atoms with Gasteiger partial charge in [-0.1, -0.05) is 182 Å². The zero-order valence-electron chi connectivity index (χ0n) is 34.4. The maximum atomic E-state index is 2.45. The van der Waals surface area contributed by atoms with Crippen molar-refractivity contribution in [2.45, 2.75) is 0 Å². The fourth-order valence-corrected chi connectivity index (χ4v) is 10.8. The summed E-state index contributed by atoms with van der Waals surface area (Å²) in [5.41, 5.74) is 16.4. The summed E-state index contributed by atoms with van der Waals surface area (Å²) in [5.74, 6) is 0. The molecular formula is C60H40N2S. The fraction of sp³-hybridized carbons (Fsp3) is 0. The minimum Gasteiger partial charge on any atom is -0.310 e. The lowest BCUT2D eigenvalue weighted by Crippen LogP contribution is -2.11. The summed E-state index contributed by atoms with van der Waals surface area (Å²) in [6.07, 6.45) is 0. The van der Waals surface area contributed by atoms with Crippen LogP contribution in [-0.4, -0.2) is 4.57 Å². The zero-order chi connectivity index (χ0) is 41.7. The first-order valence-corrected chi connectivity index (χ1v) is 22.3. The van der Waals surface area contributed by atoms with Gasteiger partial charge in [0, 0.05) is 53.6 Å². The van der Waals surface area contributed by atoms with Gasteiger partial charge in [0.15, 0.2) is 0 Å². The quantitative estimate of drug-likeness (QED) is 0.148. The minimum atomic E-state index is 1.09. The monoisotopic (exact) mass is 820 g/mol. The van der Waals surface area contributed by atoms with Crippen LogP contribution in [0.2, 0.25) is 0 Å². The third kappa shape index (κ3) is 6.33. The number of rotatable bonds is 8. The van der Waals surface area contributed by atoms with E-state index in [-0.39, 0.29) is 0 Å². The summed E-state index contributed by atoms with van der Waals surface area (Å²) >= 11 is 1.88. The lowest BCUT2D eigenvalue weighted by atomic mass is 9.88. The van der Waals surface area contributed by atoms with Crippen molar-refractivity contribution in [3.8, 4) is 50.2 Å². The Kier molecular flexibility index (Phi) is 9.06. The van der Waals surface area contributed by atoms with Gasteiger partial charge < -0.3 is 9.47 Å². The number of hydrogen-bond donors (Lipinski definition) is 0. The number of nitrogens with zero attached hydrogens (tertiary/aromatic N) is 2. The highest BCUT2D eigenvalue weighted by molar-refractivity contribution is 7.26. The van der Waals surface area contributed by atoms with Gasteiger partial charge in [0.1, 0.15) is 0 Å². The van der Waals surface area contributed by atoms with Crippen LogP contribution in [0.5, 0.6) is 0 Å². The van der Waals surface area contributed by atoms with Crippen molar-refractivity contribution in [1.29, 1.82) is 0 Å². The molecule has 0 aliphatic heterocycles. The second-order valence-electron chi connectivity index (χ2n) is 16.0. The highest BCUT2D eigenvalue weighted by atomic mass is 32.1. The van der Waals surface area contributed by atoms with Crippen molar-refractivity contribution in [2.24, 2.45) is 0 Å². The van der Waals surface area contributed by atoms with Gasteiger partial charge in [-0.05, 0) is 99.6 Å². The van der Waals surface area contributed by atoms with Gasteiger partial charge in [0.05, 0.1) is 16.7 Å². The molecular weight excluding hydrogens is 781 g/mol. The van der Waals surface area contributed by atoms with Gasteiger partial charge in [0.2, 0.25) is 0 Å². The third-order valence-electron chi connectivity index (χ3n) is 12.4. The summed E-state index contributed by atoms with van der Waals surface area (Å²) in [4.78, 5) is 2.45. The van der Waals surface area contributed by atoms with Crippen molar-refractivity contribution in [2.75, 3.05) is 4.90 Å². The molecule has 2 aromatic heterocycles. The van der Waals surface area contributed by atoms with Crippen molar-refractivity contribution in [1.82, 2.24) is 4.57 Å². The second kappa shape index (κ2) is 15.5. The van der Waals surface area contributed by atoms with E-state index >= 15 is 0 Å². The molecule has 12 rings (SSSR count). The van der Waals surface area contributed by atoms with Gasteiger partial charge >= 0.3 is 0 Å². The summed E-state index contributed by atoms with van der Waals surface area (Å²) in [6.45, 7) is 0. The molecule has 0 unspecified atom stereocenters. The van der Waals surface area contributed by atoms with Gasteiger partial charge in [-0.15, -0.1) is 11.3 Å². The molecule has 296 valence electrons. The van der Waals surface area contributed by atoms with Crippen LogP contribution < -0.4 is 4.90 Å². The number of para-hydroxylation sites is 3. The van der Waals surface area contributed by atoms with Crippen LogP contribution in [0.1, 0.15) is 0 Å². The standard InChI is InChI=1S/C60H40N2S/c1-3-18-41(19-4-1)46-22-7-8-23-48(46)49-24-9-10-25-50(49)51-26-11-14-31-56(51)61(44-36-34-42(35-37-44)47-29-17-30-54-53-28-13-16-33-59(53)63-60(47)54)45-38-39-58-55(40-45)52-27-12-15-32-57(52)62(58)43-20-5-2-6-21-43/h1-40H. The van der Waals surface area contributed by atoms with Crippen LogP contribution in [0.25, 0.3) is 92.2 Å². The predicted octanol–water partition coefficient (Wildman–Crippen LogP) is 17.3. The van der Waals surface area contributed by atoms with Crippen LogP contribution in [0, 0.1) is 0 Å². The molecule has 0 saturated carbocycles. The largest absolute Gasteiger partial charge is 0.310 e. The Bertz CT molecular complexity index is 3620. The van der Waals surface area contributed by atoms with Crippen LogP contribution in [0.15, 0.2) is 243 Å². The van der Waals surface area contributed by atoms with Crippen LogP contribution in [0.3, 0.4) is 0 Å². The second-order valence-corrected chi connectivity index (χ2v) is 17.1. The van der Waals surface area contributed by atoms with E-state index in [1.165, 1.54) is 80.9 Å². The van der Waals surface area contributed by atoms with Crippen LogP contribution in [0.4, 0.5) is 17.1 Å². The van der Waals surface area contributed by atoms with E-state index in [4.69, 9.17) is 0 Å². The SMILES string of the molecule is c1ccc(-c2ccccc2-c2ccccc2-c2ccccc2N(c2ccc(-c3cccc4c3sc3ccccc34)cc2)c2ccc3c(c2)c2ccccc2n3-c2ccccc2)cc1. The molecule has 0 radical (unpaired) electrons. The molecule has 0 aliphatic carbocycles. The predicted molar refractivity (Wildman–Crippen MR) is 270 cm³/mol. The highest BCUT2D eigenvalue weighted by Gasteiger charge is 2.22. The summed E-state index contributed by atoms with van der Waals surface area (Å²) in [6, 6.07) is 88.4. The molecule has 3 heteroatoms. The molecule has 12 aromatic rings. The number of anilines is 3. The average Bonchev–Trinajstić information content (AvgIpc) is 3.91. The number of aromatic nitrogens is 1. The first-order valence-electron chi connectivity index (χ1n) is 21.5. The number of thiophene rings is 1. The topological polar surface area (TPSA) is 8.17 Å². The van der Waals surface area contributed by atoms with E-state index in [9.17, 15) is 0 Å². The van der Waals surface area contributed by atoms with E-state index < -0.39 is 0 Å². The van der Waals surface area contributed by atoms with Gasteiger partial charge in [-0.25, -0.2) is 0 Å². The normalized spacial score (nSPS) is 11.5. The minimum absolute atomic E-state index is 1.09. The summed E-state index contributed by atoms with van der Waals surface area (Å²) < 4.78 is 5.02. The maximum Gasteiger partial charge on any atom is 0.0542 e. The smallest absolute Gasteiger partial charge is 0.0542 e. The highest BCUT2D eigenvalue weighted by Crippen LogP contribution is 2.47. The first kappa shape index (κ1) is 36.8. The molecule has 0 fully saturated rings. The fourth-order valence-electron chi connectivity index (χ4n) is 9.58. The van der Waals surface area contributed by atoms with Crippen LogP contribution in [-0.2, 0) is 0 Å². The molecule has 2 heterocycles. The Morgan fingerprint density at radius 2 is 0.841 bits per heavy atom. The lowest BCUT2D eigenvalue weighted by Gasteiger charge is -2.29. The number of fused-ring (bicyclic) bond motifs is 6. The van der Waals surface area contributed by atoms with E-state index in [1.807, 2.05) is 11.3 Å². The number of benzene rings is 10. The van der Waals surface area contributed by atoms with E-state index in [0.717, 1.165) is 28.3 Å². The Morgan fingerprint density at radius 3 is 1.62 bits per heavy atom. The Morgan fingerprint density at radius 1 is 0.317 bits per heavy atom. The molecule has 0 amide bonds. The van der Waals surface area contributed by atoms with E-state index in [0.29, 0.717) is 0 Å². The molecule has 0 saturated heterocycles. The molecule has 63 heavy (non-hydrogen) atoms. The van der Waals surface area contributed by atoms with E-state index in [2.05, 4.69) is 252 Å². The molecule has 2 nitrogen and oxygen atoms in total. The van der Waals surface area contributed by atoms with Gasteiger partial charge in [0.25, 0.3) is 0 Å². The molecule has 0 atom stereocenters. The summed E-state index contributed by atoms with van der Waals surface area (Å²) in [5, 5.41) is 5.05. The third-order valence-corrected chi connectivity index (χ3v) is 13.7. The number of hydrogen-bond acceptors (Lipinski definition) is 2. The molecule has 0 aliphatic rings. The molecule has 0 bridgehead atoms. The molecule has 0 N–H and O–H groups in total. The first-order chi connectivity index (χ1) is 31.3. The lowest BCUT2D eigenvalue weighted by molar-refractivity contribution is 1.18. The van der Waals surface area contributed by atoms with Crippen molar-refractivity contribution >= 4 is 70.4 Å². The van der Waals surface area contributed by atoms with Crippen molar-refractivity contribution in [3.05, 3.63) is 243 Å². The Balaban J connectivity index is 1.06. The zero-order valence-corrected chi connectivity index (χ0v) is 35.2. The summed E-state index contributed by atoms with van der Waals surface area (Å²) in [7, 11) is 0. The van der Waals surface area contributed by atoms with Gasteiger partial charge in [-0.3, -0.25) is 0 Å². The van der Waals surface area contributed by atoms with Crippen molar-refractivity contribution < 1.29 is 0 Å². The van der Waals surface area contributed by atoms with Crippen molar-refractivity contribution in [3.63, 3.8) is 0 Å². The van der Waals surface area contributed by atoms with Crippen LogP contribution >= 0.6 is 11.3 Å². The molecule has 10 aromatic carbocycles. The average molecular weight is 821 g/mol. The maximum absolute atomic E-state index is 2.45. The Hall–Kier alpha value is -7.98. The Labute approximate surface area is 370 Å². The van der Waals surface area contributed by atoms with E-state index in [1.54, 1.807) is 0 Å². The molecule has 0 spiro atoms.